The standard InChI is InChI=1S/C13H22N4/c1-3-4-12-16-11(14)8-13(17-12)15-9(2)7-10-5-6-10/h8-10H,3-7H2,1-2H3,(H3,14,15,16,17). The summed E-state index contributed by atoms with van der Waals surface area (Å²) in [4.78, 5) is 8.72. The van der Waals surface area contributed by atoms with Crippen LogP contribution in [0.2, 0.25) is 0 Å². The Morgan fingerprint density at radius 1 is 1.47 bits per heavy atom. The fourth-order valence-corrected chi connectivity index (χ4v) is 2.09. The zero-order valence-corrected chi connectivity index (χ0v) is 10.7. The van der Waals surface area contributed by atoms with Gasteiger partial charge in [0.05, 0.1) is 0 Å². The molecule has 1 unspecified atom stereocenters. The molecule has 0 aliphatic heterocycles. The summed E-state index contributed by atoms with van der Waals surface area (Å²) < 4.78 is 0. The first-order valence-electron chi connectivity index (χ1n) is 6.57. The van der Waals surface area contributed by atoms with Gasteiger partial charge in [-0.2, -0.15) is 0 Å². The van der Waals surface area contributed by atoms with Crippen molar-refractivity contribution in [3.8, 4) is 0 Å². The first-order chi connectivity index (χ1) is 8.17. The van der Waals surface area contributed by atoms with Crippen LogP contribution >= 0.6 is 0 Å². The van der Waals surface area contributed by atoms with Crippen molar-refractivity contribution in [2.24, 2.45) is 5.92 Å². The number of aryl methyl sites for hydroxylation is 1. The van der Waals surface area contributed by atoms with Crippen LogP contribution in [0.5, 0.6) is 0 Å². The number of nitrogens with zero attached hydrogens (tertiary/aromatic N) is 2. The summed E-state index contributed by atoms with van der Waals surface area (Å²) in [6, 6.07) is 2.29. The summed E-state index contributed by atoms with van der Waals surface area (Å²) in [7, 11) is 0. The fraction of sp³-hybridized carbons (Fsp3) is 0.692. The zero-order valence-electron chi connectivity index (χ0n) is 10.7. The third-order valence-corrected chi connectivity index (χ3v) is 3.04. The molecule has 0 spiro atoms. The quantitative estimate of drug-likeness (QED) is 0.794. The highest BCUT2D eigenvalue weighted by Crippen LogP contribution is 2.34. The van der Waals surface area contributed by atoms with Crippen LogP contribution in [0.25, 0.3) is 0 Å². The average molecular weight is 234 g/mol. The van der Waals surface area contributed by atoms with Gasteiger partial charge in [0.2, 0.25) is 0 Å². The largest absolute Gasteiger partial charge is 0.384 e. The van der Waals surface area contributed by atoms with Gasteiger partial charge in [0, 0.05) is 18.5 Å². The van der Waals surface area contributed by atoms with Crippen molar-refractivity contribution >= 4 is 11.6 Å². The van der Waals surface area contributed by atoms with Gasteiger partial charge in [-0.05, 0) is 25.7 Å². The molecular weight excluding hydrogens is 212 g/mol. The lowest BCUT2D eigenvalue weighted by atomic mass is 10.1. The van der Waals surface area contributed by atoms with Crippen LogP contribution < -0.4 is 11.1 Å². The first-order valence-corrected chi connectivity index (χ1v) is 6.57. The molecule has 0 aromatic carbocycles. The lowest BCUT2D eigenvalue weighted by molar-refractivity contribution is 0.639. The molecule has 0 amide bonds. The Bertz CT molecular complexity index is 374. The van der Waals surface area contributed by atoms with Crippen molar-refractivity contribution in [2.75, 3.05) is 11.1 Å². The third-order valence-electron chi connectivity index (χ3n) is 3.04. The van der Waals surface area contributed by atoms with E-state index in [1.165, 1.54) is 19.3 Å². The smallest absolute Gasteiger partial charge is 0.133 e. The predicted molar refractivity (Wildman–Crippen MR) is 70.9 cm³/mol. The Labute approximate surface area is 103 Å². The molecule has 1 aliphatic carbocycles. The van der Waals surface area contributed by atoms with Crippen LogP contribution in [0, 0.1) is 5.92 Å². The molecule has 1 saturated carbocycles. The van der Waals surface area contributed by atoms with E-state index in [9.17, 15) is 0 Å². The highest BCUT2D eigenvalue weighted by atomic mass is 15.1. The summed E-state index contributed by atoms with van der Waals surface area (Å²) in [6.07, 6.45) is 5.93. The summed E-state index contributed by atoms with van der Waals surface area (Å²) in [5, 5.41) is 3.42. The molecule has 0 saturated heterocycles. The van der Waals surface area contributed by atoms with Crippen LogP contribution in [0.3, 0.4) is 0 Å². The second-order valence-electron chi connectivity index (χ2n) is 5.07. The lowest BCUT2D eigenvalue weighted by Gasteiger charge is -2.14. The Morgan fingerprint density at radius 2 is 2.24 bits per heavy atom. The molecule has 1 atom stereocenters. The van der Waals surface area contributed by atoms with Crippen LogP contribution in [0.1, 0.15) is 45.4 Å². The molecule has 1 aromatic heterocycles. The molecular formula is C13H22N4. The average Bonchev–Trinajstić information content (AvgIpc) is 3.00. The topological polar surface area (TPSA) is 63.8 Å². The van der Waals surface area contributed by atoms with E-state index in [0.717, 1.165) is 30.4 Å². The Balaban J connectivity index is 1.97. The highest BCUT2D eigenvalue weighted by molar-refractivity contribution is 5.45. The van der Waals surface area contributed by atoms with E-state index in [2.05, 4.69) is 29.1 Å². The summed E-state index contributed by atoms with van der Waals surface area (Å²) in [5.41, 5.74) is 5.79. The molecule has 3 N–H and O–H groups in total. The minimum atomic E-state index is 0.464. The monoisotopic (exact) mass is 234 g/mol. The second kappa shape index (κ2) is 5.34. The number of nitrogen functional groups attached to an aromatic ring is 1. The minimum Gasteiger partial charge on any atom is -0.384 e. The maximum absolute atomic E-state index is 5.79. The number of rotatable bonds is 6. The van der Waals surface area contributed by atoms with E-state index < -0.39 is 0 Å². The number of aromatic nitrogens is 2. The maximum Gasteiger partial charge on any atom is 0.133 e. The molecule has 1 aliphatic rings. The van der Waals surface area contributed by atoms with Gasteiger partial charge in [-0.15, -0.1) is 0 Å². The summed E-state index contributed by atoms with van der Waals surface area (Å²) >= 11 is 0. The zero-order chi connectivity index (χ0) is 12.3. The van der Waals surface area contributed by atoms with Gasteiger partial charge < -0.3 is 11.1 Å². The van der Waals surface area contributed by atoms with E-state index in [1.54, 1.807) is 0 Å². The van der Waals surface area contributed by atoms with Crippen molar-refractivity contribution in [1.29, 1.82) is 0 Å². The van der Waals surface area contributed by atoms with Crippen LogP contribution in [0.15, 0.2) is 6.07 Å². The first kappa shape index (κ1) is 12.1. The third kappa shape index (κ3) is 3.88. The molecule has 1 heterocycles. The number of nitrogens with two attached hydrogens (primary N) is 1. The van der Waals surface area contributed by atoms with Crippen molar-refractivity contribution < 1.29 is 0 Å². The summed E-state index contributed by atoms with van der Waals surface area (Å²) in [6.45, 7) is 4.32. The van der Waals surface area contributed by atoms with Crippen molar-refractivity contribution in [2.45, 2.75) is 52.0 Å². The number of anilines is 2. The van der Waals surface area contributed by atoms with E-state index in [4.69, 9.17) is 5.73 Å². The van der Waals surface area contributed by atoms with Crippen molar-refractivity contribution in [3.63, 3.8) is 0 Å². The minimum absolute atomic E-state index is 0.464. The molecule has 4 heteroatoms. The number of hydrogen-bond donors (Lipinski definition) is 2. The molecule has 2 rings (SSSR count). The van der Waals surface area contributed by atoms with Crippen molar-refractivity contribution in [1.82, 2.24) is 9.97 Å². The van der Waals surface area contributed by atoms with Gasteiger partial charge in [-0.3, -0.25) is 0 Å². The van der Waals surface area contributed by atoms with Crippen LogP contribution in [-0.4, -0.2) is 16.0 Å². The molecule has 1 aromatic rings. The van der Waals surface area contributed by atoms with E-state index >= 15 is 0 Å². The summed E-state index contributed by atoms with van der Waals surface area (Å²) in [5.74, 6) is 3.19. The van der Waals surface area contributed by atoms with Gasteiger partial charge in [-0.1, -0.05) is 19.8 Å². The van der Waals surface area contributed by atoms with Gasteiger partial charge in [-0.25, -0.2) is 9.97 Å². The Kier molecular flexibility index (Phi) is 3.82. The van der Waals surface area contributed by atoms with E-state index in [0.29, 0.717) is 11.9 Å². The van der Waals surface area contributed by atoms with Gasteiger partial charge in [0.1, 0.15) is 17.5 Å². The van der Waals surface area contributed by atoms with E-state index in [1.807, 2.05) is 6.07 Å². The maximum atomic E-state index is 5.79. The second-order valence-corrected chi connectivity index (χ2v) is 5.07. The Morgan fingerprint density at radius 3 is 2.88 bits per heavy atom. The van der Waals surface area contributed by atoms with Gasteiger partial charge >= 0.3 is 0 Å². The normalized spacial score (nSPS) is 16.8. The molecule has 0 bridgehead atoms. The fourth-order valence-electron chi connectivity index (χ4n) is 2.09. The highest BCUT2D eigenvalue weighted by Gasteiger charge is 2.23. The molecule has 4 nitrogen and oxygen atoms in total. The molecule has 94 valence electrons. The number of nitrogens with one attached hydrogen (secondary N) is 1. The van der Waals surface area contributed by atoms with Crippen LogP contribution in [0.4, 0.5) is 11.6 Å². The molecule has 17 heavy (non-hydrogen) atoms. The van der Waals surface area contributed by atoms with Crippen LogP contribution in [-0.2, 0) is 6.42 Å². The number of hydrogen-bond acceptors (Lipinski definition) is 4. The predicted octanol–water partition coefficient (Wildman–Crippen LogP) is 2.61. The van der Waals surface area contributed by atoms with Gasteiger partial charge in [0.25, 0.3) is 0 Å². The van der Waals surface area contributed by atoms with Gasteiger partial charge in [0.15, 0.2) is 0 Å². The Hall–Kier alpha value is -1.32. The lowest BCUT2D eigenvalue weighted by Crippen LogP contribution is -2.17. The molecule has 0 radical (unpaired) electrons. The molecule has 1 fully saturated rings. The SMILES string of the molecule is CCCc1nc(N)cc(NC(C)CC2CC2)n1. The van der Waals surface area contributed by atoms with E-state index in [-0.39, 0.29) is 0 Å². The van der Waals surface area contributed by atoms with Crippen molar-refractivity contribution in [3.05, 3.63) is 11.9 Å².